The van der Waals surface area contributed by atoms with Crippen LogP contribution < -0.4 is 5.32 Å². The summed E-state index contributed by atoms with van der Waals surface area (Å²) in [6, 6.07) is 13.5. The number of carbonyl (C=O) groups excluding carboxylic acids is 1. The van der Waals surface area contributed by atoms with Gasteiger partial charge in [-0.05, 0) is 43.7 Å². The molecule has 0 radical (unpaired) electrons. The number of benzene rings is 2. The maximum atomic E-state index is 12.4. The third-order valence-electron chi connectivity index (χ3n) is 4.49. The van der Waals surface area contributed by atoms with E-state index in [1.807, 2.05) is 50.2 Å². The molecule has 4 rings (SSSR count). The molecule has 0 aliphatic rings. The first-order chi connectivity index (χ1) is 14.0. The molecular weight excluding hydrogens is 406 g/mol. The third-order valence-corrected chi connectivity index (χ3v) is 5.90. The van der Waals surface area contributed by atoms with E-state index in [2.05, 4.69) is 20.4 Å². The molecule has 0 spiro atoms. The van der Waals surface area contributed by atoms with Crippen LogP contribution in [0.2, 0.25) is 5.02 Å². The number of halogens is 1. The third kappa shape index (κ3) is 4.11. The predicted molar refractivity (Wildman–Crippen MR) is 117 cm³/mol. The second-order valence-electron chi connectivity index (χ2n) is 6.56. The van der Waals surface area contributed by atoms with Gasteiger partial charge in [-0.1, -0.05) is 47.1 Å². The van der Waals surface area contributed by atoms with Crippen LogP contribution in [0.5, 0.6) is 0 Å². The Labute approximate surface area is 177 Å². The number of hydrogen-bond acceptors (Lipinski definition) is 5. The lowest BCUT2D eigenvalue weighted by molar-refractivity contribution is -0.113. The summed E-state index contributed by atoms with van der Waals surface area (Å²) in [4.78, 5) is 21.1. The first-order valence-electron chi connectivity index (χ1n) is 8.96. The molecule has 1 N–H and O–H groups in total. The molecule has 0 bridgehead atoms. The average Bonchev–Trinajstić information content (AvgIpc) is 3.15. The molecule has 2 heterocycles. The summed E-state index contributed by atoms with van der Waals surface area (Å²) in [5, 5.41) is 9.50. The van der Waals surface area contributed by atoms with Crippen LogP contribution >= 0.6 is 23.4 Å². The second kappa shape index (κ2) is 8.23. The molecule has 0 fully saturated rings. The van der Waals surface area contributed by atoms with Crippen LogP contribution in [-0.4, -0.2) is 31.4 Å². The minimum atomic E-state index is -0.127. The van der Waals surface area contributed by atoms with Crippen molar-refractivity contribution in [3.05, 3.63) is 71.1 Å². The Hall–Kier alpha value is -2.90. The molecule has 1 amide bonds. The molecule has 0 aliphatic heterocycles. The standard InChI is InChI=1S/C21H18ClN5OS/c1-13-6-8-15(9-7-13)27-20-16(10-25-27)21(24-12-23-20)29-11-19(28)26-18-5-3-4-17(22)14(18)2/h3-10,12H,11H2,1-2H3,(H,26,28). The van der Waals surface area contributed by atoms with Gasteiger partial charge in [0.25, 0.3) is 0 Å². The van der Waals surface area contributed by atoms with Gasteiger partial charge in [0.15, 0.2) is 5.65 Å². The smallest absolute Gasteiger partial charge is 0.234 e. The van der Waals surface area contributed by atoms with Crippen molar-refractivity contribution >= 4 is 46.0 Å². The molecule has 0 saturated carbocycles. The Balaban J connectivity index is 1.52. The van der Waals surface area contributed by atoms with Gasteiger partial charge in [-0.3, -0.25) is 4.79 Å². The normalized spacial score (nSPS) is 11.0. The highest BCUT2D eigenvalue weighted by atomic mass is 35.5. The molecule has 0 aliphatic carbocycles. The number of nitrogens with one attached hydrogen (secondary N) is 1. The van der Waals surface area contributed by atoms with Crippen LogP contribution in [0.1, 0.15) is 11.1 Å². The maximum absolute atomic E-state index is 12.4. The molecule has 0 unspecified atom stereocenters. The molecule has 4 aromatic rings. The van der Waals surface area contributed by atoms with Gasteiger partial charge >= 0.3 is 0 Å². The Morgan fingerprint density at radius 3 is 2.72 bits per heavy atom. The van der Waals surface area contributed by atoms with Crippen molar-refractivity contribution in [3.63, 3.8) is 0 Å². The lowest BCUT2D eigenvalue weighted by atomic mass is 10.2. The number of carbonyl (C=O) groups is 1. The van der Waals surface area contributed by atoms with E-state index >= 15 is 0 Å². The van der Waals surface area contributed by atoms with E-state index in [1.54, 1.807) is 16.9 Å². The van der Waals surface area contributed by atoms with E-state index < -0.39 is 0 Å². The highest BCUT2D eigenvalue weighted by Crippen LogP contribution is 2.27. The van der Waals surface area contributed by atoms with Crippen molar-refractivity contribution in [1.82, 2.24) is 19.7 Å². The minimum Gasteiger partial charge on any atom is -0.325 e. The zero-order chi connectivity index (χ0) is 20.4. The van der Waals surface area contributed by atoms with Crippen LogP contribution in [0, 0.1) is 13.8 Å². The Morgan fingerprint density at radius 1 is 1.14 bits per heavy atom. The Morgan fingerprint density at radius 2 is 1.93 bits per heavy atom. The molecule has 29 heavy (non-hydrogen) atoms. The summed E-state index contributed by atoms with van der Waals surface area (Å²) in [5.74, 6) is 0.0892. The van der Waals surface area contributed by atoms with Crippen LogP contribution in [0.15, 0.2) is 60.0 Å². The van der Waals surface area contributed by atoms with Crippen molar-refractivity contribution in [2.75, 3.05) is 11.1 Å². The summed E-state index contributed by atoms with van der Waals surface area (Å²) >= 11 is 7.46. The van der Waals surface area contributed by atoms with Crippen molar-refractivity contribution in [2.24, 2.45) is 0 Å². The SMILES string of the molecule is Cc1ccc(-n2ncc3c(SCC(=O)Nc4cccc(Cl)c4C)ncnc32)cc1. The van der Waals surface area contributed by atoms with Gasteiger partial charge in [0.2, 0.25) is 5.91 Å². The van der Waals surface area contributed by atoms with Crippen LogP contribution in [0.3, 0.4) is 0 Å². The molecule has 8 heteroatoms. The number of aromatic nitrogens is 4. The molecule has 2 aromatic carbocycles. The van der Waals surface area contributed by atoms with Gasteiger partial charge in [-0.15, -0.1) is 0 Å². The van der Waals surface area contributed by atoms with Gasteiger partial charge in [0, 0.05) is 10.7 Å². The molecule has 6 nitrogen and oxygen atoms in total. The zero-order valence-corrected chi connectivity index (χ0v) is 17.5. The van der Waals surface area contributed by atoms with Gasteiger partial charge in [0.05, 0.1) is 23.0 Å². The van der Waals surface area contributed by atoms with E-state index in [9.17, 15) is 4.79 Å². The van der Waals surface area contributed by atoms with E-state index in [-0.39, 0.29) is 11.7 Å². The highest BCUT2D eigenvalue weighted by Gasteiger charge is 2.14. The topological polar surface area (TPSA) is 72.7 Å². The van der Waals surface area contributed by atoms with Gasteiger partial charge < -0.3 is 5.32 Å². The van der Waals surface area contributed by atoms with E-state index in [4.69, 9.17) is 11.6 Å². The van der Waals surface area contributed by atoms with Crippen LogP contribution in [0.4, 0.5) is 5.69 Å². The van der Waals surface area contributed by atoms with E-state index in [1.165, 1.54) is 23.7 Å². The van der Waals surface area contributed by atoms with Gasteiger partial charge in [0.1, 0.15) is 11.4 Å². The number of nitrogens with zero attached hydrogens (tertiary/aromatic N) is 4. The fraction of sp³-hybridized carbons (Fsp3) is 0.143. The van der Waals surface area contributed by atoms with Crippen molar-refractivity contribution in [1.29, 1.82) is 0 Å². The van der Waals surface area contributed by atoms with Crippen LogP contribution in [-0.2, 0) is 4.79 Å². The number of fused-ring (bicyclic) bond motifs is 1. The zero-order valence-electron chi connectivity index (χ0n) is 15.9. The second-order valence-corrected chi connectivity index (χ2v) is 7.93. The molecule has 2 aromatic heterocycles. The average molecular weight is 424 g/mol. The van der Waals surface area contributed by atoms with Gasteiger partial charge in [-0.25, -0.2) is 14.6 Å². The number of rotatable bonds is 5. The maximum Gasteiger partial charge on any atom is 0.234 e. The lowest BCUT2D eigenvalue weighted by Gasteiger charge is -2.09. The number of anilines is 1. The van der Waals surface area contributed by atoms with Gasteiger partial charge in [-0.2, -0.15) is 5.10 Å². The summed E-state index contributed by atoms with van der Waals surface area (Å²) in [6.07, 6.45) is 3.23. The first kappa shape index (κ1) is 19.4. The summed E-state index contributed by atoms with van der Waals surface area (Å²) in [5.41, 5.74) is 4.36. The molecule has 146 valence electrons. The van der Waals surface area contributed by atoms with Crippen molar-refractivity contribution in [3.8, 4) is 5.69 Å². The van der Waals surface area contributed by atoms with E-state index in [0.717, 1.165) is 16.6 Å². The predicted octanol–water partition coefficient (Wildman–Crippen LogP) is 4.82. The fourth-order valence-electron chi connectivity index (χ4n) is 2.88. The molecule has 0 atom stereocenters. The quantitative estimate of drug-likeness (QED) is 0.368. The van der Waals surface area contributed by atoms with Crippen molar-refractivity contribution < 1.29 is 4.79 Å². The fourth-order valence-corrected chi connectivity index (χ4v) is 3.81. The first-order valence-corrected chi connectivity index (χ1v) is 10.3. The number of amides is 1. The monoisotopic (exact) mass is 423 g/mol. The minimum absolute atomic E-state index is 0.127. The summed E-state index contributed by atoms with van der Waals surface area (Å²) < 4.78 is 1.77. The molecular formula is C21H18ClN5OS. The number of thioether (sulfide) groups is 1. The highest BCUT2D eigenvalue weighted by molar-refractivity contribution is 8.00. The van der Waals surface area contributed by atoms with Crippen molar-refractivity contribution in [2.45, 2.75) is 18.9 Å². The van der Waals surface area contributed by atoms with Crippen LogP contribution in [0.25, 0.3) is 16.7 Å². The number of aryl methyl sites for hydroxylation is 1. The summed E-state index contributed by atoms with van der Waals surface area (Å²) in [6.45, 7) is 3.91. The Kier molecular flexibility index (Phi) is 5.51. The molecule has 0 saturated heterocycles. The van der Waals surface area contributed by atoms with E-state index in [0.29, 0.717) is 21.4 Å². The Bertz CT molecular complexity index is 1190. The lowest BCUT2D eigenvalue weighted by Crippen LogP contribution is -2.15. The summed E-state index contributed by atoms with van der Waals surface area (Å²) in [7, 11) is 0. The largest absolute Gasteiger partial charge is 0.325 e. The number of hydrogen-bond donors (Lipinski definition) is 1.